The fourth-order valence-electron chi connectivity index (χ4n) is 2.24. The molecule has 0 aromatic heterocycles. The lowest BCUT2D eigenvalue weighted by Crippen LogP contribution is -2.26. The first-order chi connectivity index (χ1) is 10.2. The summed E-state index contributed by atoms with van der Waals surface area (Å²) in [6, 6.07) is 17.1. The second kappa shape index (κ2) is 7.56. The van der Waals surface area contributed by atoms with Crippen molar-refractivity contribution >= 4 is 0 Å². The minimum atomic E-state index is -0.359. The third-order valence-corrected chi connectivity index (χ3v) is 3.45. The Kier molecular flexibility index (Phi) is 5.48. The maximum Gasteiger partial charge on any atom is 0.124 e. The van der Waals surface area contributed by atoms with Gasteiger partial charge in [-0.25, -0.2) is 4.39 Å². The molecule has 0 heterocycles. The monoisotopic (exact) mass is 282 g/mol. The van der Waals surface area contributed by atoms with Crippen LogP contribution >= 0.6 is 0 Å². The summed E-state index contributed by atoms with van der Waals surface area (Å²) < 4.78 is 13.3. The molecule has 3 heteroatoms. The Labute approximate surface area is 125 Å². The SMILES string of the molecule is CC(CCc1ccccc1)NCc1cc(F)cc(C#N)c1. The van der Waals surface area contributed by atoms with Crippen LogP contribution in [0, 0.1) is 17.1 Å². The van der Waals surface area contributed by atoms with Gasteiger partial charge in [-0.05, 0) is 49.1 Å². The number of nitriles is 1. The third-order valence-electron chi connectivity index (χ3n) is 3.45. The van der Waals surface area contributed by atoms with E-state index < -0.39 is 0 Å². The molecule has 0 radical (unpaired) electrons. The molecule has 2 aromatic rings. The summed E-state index contributed by atoms with van der Waals surface area (Å²) >= 11 is 0. The predicted octanol–water partition coefficient (Wildman–Crippen LogP) is 3.81. The van der Waals surface area contributed by atoms with Gasteiger partial charge in [0, 0.05) is 12.6 Å². The molecule has 0 aliphatic heterocycles. The summed E-state index contributed by atoms with van der Waals surface area (Å²) in [6.07, 6.45) is 2.03. The molecule has 2 rings (SSSR count). The molecule has 0 aliphatic carbocycles. The zero-order chi connectivity index (χ0) is 15.1. The van der Waals surface area contributed by atoms with Gasteiger partial charge < -0.3 is 5.32 Å². The summed E-state index contributed by atoms with van der Waals surface area (Å²) in [6.45, 7) is 2.69. The molecule has 0 saturated carbocycles. The minimum absolute atomic E-state index is 0.332. The van der Waals surface area contributed by atoms with Gasteiger partial charge in [-0.15, -0.1) is 0 Å². The Balaban J connectivity index is 1.82. The van der Waals surface area contributed by atoms with Gasteiger partial charge in [0.1, 0.15) is 5.82 Å². The van der Waals surface area contributed by atoms with Crippen molar-refractivity contribution in [2.75, 3.05) is 0 Å². The van der Waals surface area contributed by atoms with E-state index in [9.17, 15) is 4.39 Å². The maximum absolute atomic E-state index is 13.3. The highest BCUT2D eigenvalue weighted by molar-refractivity contribution is 5.33. The van der Waals surface area contributed by atoms with Crippen molar-refractivity contribution in [2.24, 2.45) is 0 Å². The second-order valence-electron chi connectivity index (χ2n) is 5.27. The highest BCUT2D eigenvalue weighted by Crippen LogP contribution is 2.10. The summed E-state index contributed by atoms with van der Waals surface area (Å²) in [5.41, 5.74) is 2.49. The van der Waals surface area contributed by atoms with E-state index in [4.69, 9.17) is 5.26 Å². The average molecular weight is 282 g/mol. The first-order valence-corrected chi connectivity index (χ1v) is 7.14. The number of nitrogens with zero attached hydrogens (tertiary/aromatic N) is 1. The Hall–Kier alpha value is -2.18. The van der Waals surface area contributed by atoms with Gasteiger partial charge in [0.05, 0.1) is 11.6 Å². The first-order valence-electron chi connectivity index (χ1n) is 7.14. The van der Waals surface area contributed by atoms with E-state index >= 15 is 0 Å². The zero-order valence-electron chi connectivity index (χ0n) is 12.1. The minimum Gasteiger partial charge on any atom is -0.310 e. The van der Waals surface area contributed by atoms with Crippen LogP contribution in [-0.2, 0) is 13.0 Å². The Bertz CT molecular complexity index is 617. The van der Waals surface area contributed by atoms with E-state index in [1.807, 2.05) is 24.3 Å². The van der Waals surface area contributed by atoms with Crippen LogP contribution in [0.2, 0.25) is 0 Å². The maximum atomic E-state index is 13.3. The molecule has 0 fully saturated rings. The molecule has 2 aromatic carbocycles. The molecule has 0 spiro atoms. The van der Waals surface area contributed by atoms with Crippen molar-refractivity contribution in [3.63, 3.8) is 0 Å². The summed E-state index contributed by atoms with van der Waals surface area (Å²) in [7, 11) is 0. The number of benzene rings is 2. The summed E-state index contributed by atoms with van der Waals surface area (Å²) in [4.78, 5) is 0. The lowest BCUT2D eigenvalue weighted by molar-refractivity contribution is 0.512. The normalized spacial score (nSPS) is 11.9. The fraction of sp³-hybridized carbons (Fsp3) is 0.278. The van der Waals surface area contributed by atoms with Gasteiger partial charge in [-0.1, -0.05) is 30.3 Å². The van der Waals surface area contributed by atoms with Crippen molar-refractivity contribution in [3.8, 4) is 6.07 Å². The van der Waals surface area contributed by atoms with E-state index in [1.165, 1.54) is 17.7 Å². The molecular formula is C18H19FN2. The molecule has 108 valence electrons. The zero-order valence-corrected chi connectivity index (χ0v) is 12.1. The molecule has 0 aliphatic rings. The van der Waals surface area contributed by atoms with Gasteiger partial charge in [0.15, 0.2) is 0 Å². The van der Waals surface area contributed by atoms with E-state index in [-0.39, 0.29) is 5.82 Å². The molecule has 0 bridgehead atoms. The average Bonchev–Trinajstić information content (AvgIpc) is 2.51. The molecule has 0 saturated heterocycles. The van der Waals surface area contributed by atoms with Crippen molar-refractivity contribution in [1.82, 2.24) is 5.32 Å². The fourth-order valence-corrected chi connectivity index (χ4v) is 2.24. The largest absolute Gasteiger partial charge is 0.310 e. The standard InChI is InChI=1S/C18H19FN2/c1-14(7-8-15-5-3-2-4-6-15)21-13-17-9-16(12-20)10-18(19)11-17/h2-6,9-11,14,21H,7-8,13H2,1H3. The number of hydrogen-bond donors (Lipinski definition) is 1. The number of nitrogens with one attached hydrogen (secondary N) is 1. The van der Waals surface area contributed by atoms with Crippen molar-refractivity contribution in [3.05, 3.63) is 71.0 Å². The van der Waals surface area contributed by atoms with Crippen LogP contribution in [0.3, 0.4) is 0 Å². The molecular weight excluding hydrogens is 263 g/mol. The Morgan fingerprint density at radius 3 is 2.62 bits per heavy atom. The lowest BCUT2D eigenvalue weighted by Gasteiger charge is -2.14. The van der Waals surface area contributed by atoms with Crippen LogP contribution in [-0.4, -0.2) is 6.04 Å². The number of hydrogen-bond acceptors (Lipinski definition) is 2. The lowest BCUT2D eigenvalue weighted by atomic mass is 10.1. The predicted molar refractivity (Wildman–Crippen MR) is 82.2 cm³/mol. The van der Waals surface area contributed by atoms with Gasteiger partial charge in [-0.3, -0.25) is 0 Å². The van der Waals surface area contributed by atoms with Crippen LogP contribution in [0.4, 0.5) is 4.39 Å². The quantitative estimate of drug-likeness (QED) is 0.874. The van der Waals surface area contributed by atoms with Gasteiger partial charge in [0.25, 0.3) is 0 Å². The van der Waals surface area contributed by atoms with Crippen LogP contribution in [0.15, 0.2) is 48.5 Å². The van der Waals surface area contributed by atoms with Gasteiger partial charge in [0.2, 0.25) is 0 Å². The van der Waals surface area contributed by atoms with Crippen LogP contribution in [0.1, 0.15) is 30.0 Å². The number of rotatable bonds is 6. The highest BCUT2D eigenvalue weighted by atomic mass is 19.1. The van der Waals surface area contributed by atoms with Crippen molar-refractivity contribution in [2.45, 2.75) is 32.4 Å². The second-order valence-corrected chi connectivity index (χ2v) is 5.27. The van der Waals surface area contributed by atoms with Crippen molar-refractivity contribution < 1.29 is 4.39 Å². The first kappa shape index (κ1) is 15.2. The van der Waals surface area contributed by atoms with Crippen molar-refractivity contribution in [1.29, 1.82) is 5.26 Å². The number of halogens is 1. The van der Waals surface area contributed by atoms with Crippen LogP contribution in [0.5, 0.6) is 0 Å². The smallest absolute Gasteiger partial charge is 0.124 e. The van der Waals surface area contributed by atoms with E-state index in [2.05, 4.69) is 24.4 Å². The molecule has 0 amide bonds. The molecule has 21 heavy (non-hydrogen) atoms. The summed E-state index contributed by atoms with van der Waals surface area (Å²) in [5.74, 6) is -0.359. The van der Waals surface area contributed by atoms with Crippen LogP contribution in [0.25, 0.3) is 0 Å². The van der Waals surface area contributed by atoms with Gasteiger partial charge >= 0.3 is 0 Å². The number of aryl methyl sites for hydroxylation is 1. The third kappa shape index (κ3) is 5.02. The van der Waals surface area contributed by atoms with E-state index in [0.717, 1.165) is 18.4 Å². The molecule has 1 atom stereocenters. The topological polar surface area (TPSA) is 35.8 Å². The van der Waals surface area contributed by atoms with Gasteiger partial charge in [-0.2, -0.15) is 5.26 Å². The summed E-state index contributed by atoms with van der Waals surface area (Å²) in [5, 5.41) is 12.2. The molecule has 2 nitrogen and oxygen atoms in total. The van der Waals surface area contributed by atoms with E-state index in [0.29, 0.717) is 18.2 Å². The Morgan fingerprint density at radius 2 is 1.90 bits per heavy atom. The highest BCUT2D eigenvalue weighted by Gasteiger charge is 2.04. The molecule has 1 unspecified atom stereocenters. The van der Waals surface area contributed by atoms with Crippen LogP contribution < -0.4 is 5.32 Å². The Morgan fingerprint density at radius 1 is 1.14 bits per heavy atom. The molecule has 1 N–H and O–H groups in total. The van der Waals surface area contributed by atoms with E-state index in [1.54, 1.807) is 6.07 Å².